The molecule has 0 radical (unpaired) electrons. The van der Waals surface area contributed by atoms with Crippen LogP contribution in [-0.2, 0) is 11.3 Å². The predicted molar refractivity (Wildman–Crippen MR) is 122 cm³/mol. The zero-order valence-electron chi connectivity index (χ0n) is 17.5. The molecule has 0 saturated heterocycles. The highest BCUT2D eigenvalue weighted by molar-refractivity contribution is 6.39. The van der Waals surface area contributed by atoms with Gasteiger partial charge in [0, 0.05) is 12.4 Å². The Kier molecular flexibility index (Phi) is 6.48. The first-order valence-electron chi connectivity index (χ1n) is 9.64. The minimum Gasteiger partial charge on any atom is -0.497 e. The molecule has 0 bridgehead atoms. The fraction of sp³-hybridized carbons (Fsp3) is 0.130. The summed E-state index contributed by atoms with van der Waals surface area (Å²) in [6.45, 7) is 0.308. The maximum atomic E-state index is 12.8. The van der Waals surface area contributed by atoms with Gasteiger partial charge in [-0.3, -0.25) is 9.67 Å². The van der Waals surface area contributed by atoms with E-state index in [9.17, 15) is 9.59 Å². The van der Waals surface area contributed by atoms with Crippen molar-refractivity contribution >= 4 is 46.0 Å². The van der Waals surface area contributed by atoms with Gasteiger partial charge in [0.05, 0.1) is 47.3 Å². The van der Waals surface area contributed by atoms with Gasteiger partial charge in [0.15, 0.2) is 0 Å². The Labute approximate surface area is 198 Å². The molecule has 0 amide bonds. The molecule has 0 fully saturated rings. The molecule has 0 N–H and O–H groups in total. The molecule has 4 rings (SSSR count). The van der Waals surface area contributed by atoms with Crippen LogP contribution in [0.1, 0.15) is 26.3 Å². The first-order valence-corrected chi connectivity index (χ1v) is 10.4. The maximum Gasteiger partial charge on any atom is 0.348 e. The van der Waals surface area contributed by atoms with E-state index in [2.05, 4.69) is 10.1 Å². The minimum atomic E-state index is -0.769. The van der Waals surface area contributed by atoms with Crippen LogP contribution in [0.15, 0.2) is 54.9 Å². The summed E-state index contributed by atoms with van der Waals surface area (Å²) in [7, 11) is 2.86. The average molecular weight is 486 g/mol. The van der Waals surface area contributed by atoms with E-state index >= 15 is 0 Å². The Morgan fingerprint density at radius 3 is 2.45 bits per heavy atom. The number of nitrogens with zero attached hydrogens (tertiary/aromatic N) is 3. The molecule has 2 aromatic carbocycles. The third kappa shape index (κ3) is 4.62. The van der Waals surface area contributed by atoms with Crippen LogP contribution in [-0.4, -0.2) is 40.9 Å². The van der Waals surface area contributed by atoms with E-state index < -0.39 is 11.9 Å². The summed E-state index contributed by atoms with van der Waals surface area (Å²) in [6.07, 6.45) is 2.61. The Morgan fingerprint density at radius 2 is 1.76 bits per heavy atom. The topological polar surface area (TPSA) is 92.5 Å². The molecule has 0 spiro atoms. The summed E-state index contributed by atoms with van der Waals surface area (Å²) in [4.78, 5) is 28.5. The fourth-order valence-corrected chi connectivity index (χ4v) is 3.80. The van der Waals surface area contributed by atoms with Gasteiger partial charge in [0.2, 0.25) is 5.88 Å². The van der Waals surface area contributed by atoms with Gasteiger partial charge in [0.1, 0.15) is 11.3 Å². The van der Waals surface area contributed by atoms with Crippen molar-refractivity contribution in [2.45, 2.75) is 6.54 Å². The number of aromatic nitrogens is 3. The van der Waals surface area contributed by atoms with Crippen molar-refractivity contribution in [2.75, 3.05) is 14.2 Å². The zero-order chi connectivity index (χ0) is 23.5. The van der Waals surface area contributed by atoms with Crippen molar-refractivity contribution in [2.24, 2.45) is 0 Å². The Balaban J connectivity index is 1.74. The van der Waals surface area contributed by atoms with Crippen LogP contribution in [0.2, 0.25) is 10.0 Å². The first kappa shape index (κ1) is 22.6. The summed E-state index contributed by atoms with van der Waals surface area (Å²) < 4.78 is 17.3. The van der Waals surface area contributed by atoms with Crippen LogP contribution in [0.25, 0.3) is 10.9 Å². The van der Waals surface area contributed by atoms with Crippen LogP contribution in [0.5, 0.6) is 11.6 Å². The second-order valence-electron chi connectivity index (χ2n) is 6.91. The molecule has 4 aromatic rings. The highest BCUT2D eigenvalue weighted by Crippen LogP contribution is 2.31. The molecule has 0 aliphatic carbocycles. The molecular weight excluding hydrogens is 469 g/mol. The lowest BCUT2D eigenvalue weighted by atomic mass is 10.1. The van der Waals surface area contributed by atoms with Gasteiger partial charge >= 0.3 is 11.9 Å². The largest absolute Gasteiger partial charge is 0.497 e. The lowest BCUT2D eigenvalue weighted by molar-refractivity contribution is 0.0600. The molecule has 0 aliphatic heterocycles. The molecule has 0 saturated carbocycles. The van der Waals surface area contributed by atoms with Crippen LogP contribution in [0, 0.1) is 0 Å². The van der Waals surface area contributed by atoms with Crippen LogP contribution < -0.4 is 9.47 Å². The van der Waals surface area contributed by atoms with Crippen molar-refractivity contribution in [3.05, 3.63) is 81.6 Å². The normalized spacial score (nSPS) is 10.8. The Hall–Kier alpha value is -3.62. The van der Waals surface area contributed by atoms with E-state index in [1.807, 2.05) is 6.07 Å². The highest BCUT2D eigenvalue weighted by atomic mass is 35.5. The van der Waals surface area contributed by atoms with E-state index in [1.54, 1.807) is 41.1 Å². The molecule has 33 heavy (non-hydrogen) atoms. The molecule has 0 unspecified atom stereocenters. The van der Waals surface area contributed by atoms with E-state index in [1.165, 1.54) is 26.6 Å². The summed E-state index contributed by atoms with van der Waals surface area (Å²) in [5.41, 5.74) is 1.90. The fourth-order valence-electron chi connectivity index (χ4n) is 3.28. The number of rotatable bonds is 6. The number of pyridine rings is 1. The van der Waals surface area contributed by atoms with Gasteiger partial charge in [-0.25, -0.2) is 9.59 Å². The SMILES string of the molecule is COC(=O)c1cccc(Cn2nc(OC(=O)c3c(Cl)cncc3Cl)c3cc(OC)ccc32)c1. The molecule has 2 aromatic heterocycles. The predicted octanol–water partition coefficient (Wildman–Crippen LogP) is 4.80. The Bertz CT molecular complexity index is 1350. The lowest BCUT2D eigenvalue weighted by Crippen LogP contribution is -2.11. The summed E-state index contributed by atoms with van der Waals surface area (Å²) in [5.74, 6) is -0.587. The quantitative estimate of drug-likeness (QED) is 0.362. The van der Waals surface area contributed by atoms with E-state index in [4.69, 9.17) is 37.4 Å². The third-order valence-corrected chi connectivity index (χ3v) is 5.42. The van der Waals surface area contributed by atoms with Gasteiger partial charge in [-0.1, -0.05) is 35.3 Å². The number of ether oxygens (including phenoxy) is 3. The van der Waals surface area contributed by atoms with Gasteiger partial charge in [-0.2, -0.15) is 0 Å². The van der Waals surface area contributed by atoms with Crippen molar-refractivity contribution in [1.29, 1.82) is 0 Å². The number of carbonyl (C=O) groups excluding carboxylic acids is 2. The number of fused-ring (bicyclic) bond motifs is 1. The van der Waals surface area contributed by atoms with Gasteiger partial charge in [0.25, 0.3) is 0 Å². The summed E-state index contributed by atoms with van der Waals surface area (Å²) in [5, 5.41) is 5.16. The number of esters is 2. The molecule has 8 nitrogen and oxygen atoms in total. The molecule has 10 heteroatoms. The van der Waals surface area contributed by atoms with Crippen LogP contribution in [0.3, 0.4) is 0 Å². The smallest absolute Gasteiger partial charge is 0.348 e. The second-order valence-corrected chi connectivity index (χ2v) is 7.72. The van der Waals surface area contributed by atoms with Crippen molar-refractivity contribution < 1.29 is 23.8 Å². The average Bonchev–Trinajstić information content (AvgIpc) is 3.14. The van der Waals surface area contributed by atoms with Crippen molar-refractivity contribution in [1.82, 2.24) is 14.8 Å². The molecule has 168 valence electrons. The van der Waals surface area contributed by atoms with E-state index in [-0.39, 0.29) is 21.5 Å². The number of hydrogen-bond acceptors (Lipinski definition) is 7. The van der Waals surface area contributed by atoms with E-state index in [0.717, 1.165) is 5.56 Å². The van der Waals surface area contributed by atoms with Crippen LogP contribution in [0.4, 0.5) is 0 Å². The van der Waals surface area contributed by atoms with Gasteiger partial charge in [-0.05, 0) is 35.9 Å². The van der Waals surface area contributed by atoms with Gasteiger partial charge < -0.3 is 14.2 Å². The number of benzene rings is 2. The van der Waals surface area contributed by atoms with Crippen LogP contribution >= 0.6 is 23.2 Å². The third-order valence-electron chi connectivity index (χ3n) is 4.85. The van der Waals surface area contributed by atoms with Crippen molar-refractivity contribution in [3.8, 4) is 11.6 Å². The van der Waals surface area contributed by atoms with E-state index in [0.29, 0.717) is 28.8 Å². The molecule has 2 heterocycles. The van der Waals surface area contributed by atoms with Gasteiger partial charge in [-0.15, -0.1) is 5.10 Å². The lowest BCUT2D eigenvalue weighted by Gasteiger charge is -2.06. The summed E-state index contributed by atoms with van der Waals surface area (Å²) in [6, 6.07) is 12.3. The zero-order valence-corrected chi connectivity index (χ0v) is 19.1. The summed E-state index contributed by atoms with van der Waals surface area (Å²) >= 11 is 12.2. The molecule has 0 aliphatic rings. The second kappa shape index (κ2) is 9.48. The minimum absolute atomic E-state index is 0.00953. The number of methoxy groups -OCH3 is 2. The maximum absolute atomic E-state index is 12.8. The number of carbonyl (C=O) groups is 2. The number of hydrogen-bond donors (Lipinski definition) is 0. The first-order chi connectivity index (χ1) is 15.9. The van der Waals surface area contributed by atoms with Crippen molar-refractivity contribution in [3.63, 3.8) is 0 Å². The number of halogens is 2. The highest BCUT2D eigenvalue weighted by Gasteiger charge is 2.22. The monoisotopic (exact) mass is 485 g/mol. The molecule has 0 atom stereocenters. The standard InChI is InChI=1S/C23H17Cl2N3O5/c1-31-15-6-7-19-16(9-15)21(33-23(30)20-17(24)10-26-11-18(20)25)27-28(19)12-13-4-3-5-14(8-13)22(29)32-2/h3-11H,12H2,1-2H3. The molecular formula is C23H17Cl2N3O5. The Morgan fingerprint density at radius 1 is 1.00 bits per heavy atom.